The van der Waals surface area contributed by atoms with Crippen LogP contribution < -0.4 is 5.32 Å². The van der Waals surface area contributed by atoms with Gasteiger partial charge in [0.25, 0.3) is 5.91 Å². The van der Waals surface area contributed by atoms with E-state index in [9.17, 15) is 9.90 Å². The summed E-state index contributed by atoms with van der Waals surface area (Å²) in [7, 11) is 0. The summed E-state index contributed by atoms with van der Waals surface area (Å²) >= 11 is 1.64. The van der Waals surface area contributed by atoms with Crippen molar-refractivity contribution in [2.75, 3.05) is 11.5 Å². The van der Waals surface area contributed by atoms with Gasteiger partial charge < -0.3 is 10.4 Å². The molecule has 0 spiro atoms. The number of hydrogen-bond acceptors (Lipinski definition) is 3. The fourth-order valence-corrected chi connectivity index (χ4v) is 3.60. The first-order valence-electron chi connectivity index (χ1n) is 7.20. The van der Waals surface area contributed by atoms with Crippen molar-refractivity contribution in [1.29, 1.82) is 0 Å². The summed E-state index contributed by atoms with van der Waals surface area (Å²) in [6, 6.07) is 8.46. The molecule has 3 nitrogen and oxygen atoms in total. The molecule has 1 amide bonds. The summed E-state index contributed by atoms with van der Waals surface area (Å²) in [4.78, 5) is 12.2. The van der Waals surface area contributed by atoms with Crippen LogP contribution >= 0.6 is 11.8 Å². The fourth-order valence-electron chi connectivity index (χ4n) is 2.36. The molecule has 4 heteroatoms. The second-order valence-electron chi connectivity index (χ2n) is 5.60. The summed E-state index contributed by atoms with van der Waals surface area (Å²) in [5.74, 6) is 1.17. The number of nitrogens with one attached hydrogen (secondary N) is 1. The molecule has 1 aliphatic rings. The van der Waals surface area contributed by atoms with Crippen molar-refractivity contribution in [3.63, 3.8) is 0 Å². The van der Waals surface area contributed by atoms with E-state index in [1.807, 2.05) is 0 Å². The SMILES string of the molecule is CC[C@@H](Cc1ccc(C)cc1)NC(=O)[C@]1(O)CCSC1. The molecule has 0 aliphatic carbocycles. The Balaban J connectivity index is 1.95. The highest BCUT2D eigenvalue weighted by molar-refractivity contribution is 7.99. The highest BCUT2D eigenvalue weighted by Crippen LogP contribution is 2.28. The molecule has 20 heavy (non-hydrogen) atoms. The minimum Gasteiger partial charge on any atom is -0.379 e. The summed E-state index contributed by atoms with van der Waals surface area (Å²) in [6.07, 6.45) is 2.24. The lowest BCUT2D eigenvalue weighted by molar-refractivity contribution is -0.138. The fraction of sp³-hybridized carbons (Fsp3) is 0.562. The summed E-state index contributed by atoms with van der Waals surface area (Å²) in [5.41, 5.74) is 1.30. The number of thioether (sulfide) groups is 1. The number of carbonyl (C=O) groups excluding carboxylic acids is 1. The average molecular weight is 293 g/mol. The number of hydrogen-bond donors (Lipinski definition) is 2. The predicted octanol–water partition coefficient (Wildman–Crippen LogP) is 2.30. The summed E-state index contributed by atoms with van der Waals surface area (Å²) in [5, 5.41) is 13.3. The van der Waals surface area contributed by atoms with Gasteiger partial charge in [-0.1, -0.05) is 36.8 Å². The van der Waals surface area contributed by atoms with Gasteiger partial charge in [-0.05, 0) is 37.5 Å². The largest absolute Gasteiger partial charge is 0.379 e. The van der Waals surface area contributed by atoms with Crippen molar-refractivity contribution in [3.05, 3.63) is 35.4 Å². The maximum atomic E-state index is 12.2. The van der Waals surface area contributed by atoms with Gasteiger partial charge >= 0.3 is 0 Å². The van der Waals surface area contributed by atoms with E-state index < -0.39 is 5.60 Å². The molecule has 0 saturated carbocycles. The molecule has 2 rings (SSSR count). The molecule has 1 aromatic rings. The molecule has 1 aromatic carbocycles. The molecule has 0 bridgehead atoms. The van der Waals surface area contributed by atoms with Crippen LogP contribution in [0.3, 0.4) is 0 Å². The highest BCUT2D eigenvalue weighted by atomic mass is 32.2. The van der Waals surface area contributed by atoms with Crippen LogP contribution in [0.2, 0.25) is 0 Å². The van der Waals surface area contributed by atoms with Gasteiger partial charge in [-0.2, -0.15) is 11.8 Å². The Kier molecular flexibility index (Phi) is 5.11. The highest BCUT2D eigenvalue weighted by Gasteiger charge is 2.39. The number of aryl methyl sites for hydroxylation is 1. The van der Waals surface area contributed by atoms with Gasteiger partial charge in [0.05, 0.1) is 0 Å². The first-order chi connectivity index (χ1) is 9.53. The molecule has 0 aromatic heterocycles. The lowest BCUT2D eigenvalue weighted by Gasteiger charge is -2.25. The minimum atomic E-state index is -1.16. The number of rotatable bonds is 5. The Morgan fingerprint density at radius 1 is 1.45 bits per heavy atom. The topological polar surface area (TPSA) is 49.3 Å². The van der Waals surface area contributed by atoms with Gasteiger partial charge in [0.15, 0.2) is 5.60 Å². The summed E-state index contributed by atoms with van der Waals surface area (Å²) < 4.78 is 0. The van der Waals surface area contributed by atoms with Crippen LogP contribution in [0.4, 0.5) is 0 Å². The minimum absolute atomic E-state index is 0.0832. The van der Waals surface area contributed by atoms with Crippen LogP contribution in [0.1, 0.15) is 30.9 Å². The van der Waals surface area contributed by atoms with E-state index in [0.717, 1.165) is 18.6 Å². The van der Waals surface area contributed by atoms with Crippen LogP contribution in [0.15, 0.2) is 24.3 Å². The molecular formula is C16H23NO2S. The molecule has 1 saturated heterocycles. The predicted molar refractivity (Wildman–Crippen MR) is 84.0 cm³/mol. The van der Waals surface area contributed by atoms with Crippen LogP contribution in [0, 0.1) is 6.92 Å². The number of carbonyl (C=O) groups is 1. The molecule has 2 atom stereocenters. The molecule has 1 aliphatic heterocycles. The van der Waals surface area contributed by atoms with Crippen molar-refractivity contribution in [1.82, 2.24) is 5.32 Å². The van der Waals surface area contributed by atoms with E-state index in [-0.39, 0.29) is 11.9 Å². The van der Waals surface area contributed by atoms with Crippen molar-refractivity contribution in [3.8, 4) is 0 Å². The van der Waals surface area contributed by atoms with Crippen LogP contribution in [-0.4, -0.2) is 34.2 Å². The van der Waals surface area contributed by atoms with Gasteiger partial charge in [0, 0.05) is 11.8 Å². The maximum absolute atomic E-state index is 12.2. The monoisotopic (exact) mass is 293 g/mol. The Hall–Kier alpha value is -1.000. The standard InChI is InChI=1S/C16H23NO2S/c1-3-14(10-13-6-4-12(2)5-7-13)17-15(18)16(19)8-9-20-11-16/h4-7,14,19H,3,8-11H2,1-2H3,(H,17,18)/t14-,16-/m0/s1. The molecule has 1 fully saturated rings. The number of aliphatic hydroxyl groups is 1. The van der Waals surface area contributed by atoms with Gasteiger partial charge in [0.1, 0.15) is 0 Å². The second kappa shape index (κ2) is 6.64. The molecule has 2 N–H and O–H groups in total. The van der Waals surface area contributed by atoms with E-state index >= 15 is 0 Å². The zero-order valence-electron chi connectivity index (χ0n) is 12.2. The molecular weight excluding hydrogens is 270 g/mol. The van der Waals surface area contributed by atoms with E-state index in [4.69, 9.17) is 0 Å². The van der Waals surface area contributed by atoms with Crippen molar-refractivity contribution in [2.24, 2.45) is 0 Å². The second-order valence-corrected chi connectivity index (χ2v) is 6.71. The third-order valence-corrected chi connectivity index (χ3v) is 5.03. The van der Waals surface area contributed by atoms with E-state index in [2.05, 4.69) is 43.4 Å². The Bertz CT molecular complexity index is 452. The van der Waals surface area contributed by atoms with Crippen molar-refractivity contribution < 1.29 is 9.90 Å². The molecule has 0 unspecified atom stereocenters. The van der Waals surface area contributed by atoms with Crippen molar-refractivity contribution >= 4 is 17.7 Å². The third-order valence-electron chi connectivity index (χ3n) is 3.85. The lowest BCUT2D eigenvalue weighted by Crippen LogP contribution is -2.50. The van der Waals surface area contributed by atoms with Gasteiger partial charge in [-0.25, -0.2) is 0 Å². The summed E-state index contributed by atoms with van der Waals surface area (Å²) in [6.45, 7) is 4.13. The van der Waals surface area contributed by atoms with E-state index in [1.165, 1.54) is 11.1 Å². The zero-order chi connectivity index (χ0) is 14.6. The Morgan fingerprint density at radius 2 is 2.15 bits per heavy atom. The zero-order valence-corrected chi connectivity index (χ0v) is 13.0. The quantitative estimate of drug-likeness (QED) is 0.876. The number of benzene rings is 1. The lowest BCUT2D eigenvalue weighted by atomic mass is 9.99. The molecule has 0 radical (unpaired) electrons. The van der Waals surface area contributed by atoms with Gasteiger partial charge in [0.2, 0.25) is 0 Å². The van der Waals surface area contributed by atoms with E-state index in [1.54, 1.807) is 11.8 Å². The first kappa shape index (κ1) is 15.4. The van der Waals surface area contributed by atoms with Crippen LogP contribution in [-0.2, 0) is 11.2 Å². The average Bonchev–Trinajstić information content (AvgIpc) is 2.88. The van der Waals surface area contributed by atoms with Gasteiger partial charge in [-0.15, -0.1) is 0 Å². The third kappa shape index (κ3) is 3.76. The van der Waals surface area contributed by atoms with Crippen molar-refractivity contribution in [2.45, 2.75) is 44.8 Å². The maximum Gasteiger partial charge on any atom is 0.253 e. The van der Waals surface area contributed by atoms with Crippen LogP contribution in [0.5, 0.6) is 0 Å². The molecule has 1 heterocycles. The smallest absolute Gasteiger partial charge is 0.253 e. The van der Waals surface area contributed by atoms with E-state index in [0.29, 0.717) is 12.2 Å². The normalized spacial score (nSPS) is 23.6. The Morgan fingerprint density at radius 3 is 2.70 bits per heavy atom. The van der Waals surface area contributed by atoms with Crippen LogP contribution in [0.25, 0.3) is 0 Å². The molecule has 110 valence electrons. The van der Waals surface area contributed by atoms with Gasteiger partial charge in [-0.3, -0.25) is 4.79 Å². The Labute approximate surface area is 125 Å². The number of amides is 1. The first-order valence-corrected chi connectivity index (χ1v) is 8.35.